The molecule has 0 fully saturated rings. The van der Waals surface area contributed by atoms with Gasteiger partial charge in [0, 0.05) is 0 Å². The monoisotopic (exact) mass is 182 g/mol. The predicted molar refractivity (Wildman–Crippen MR) is 51.3 cm³/mol. The maximum absolute atomic E-state index is 10.4. The minimum atomic E-state index is -0.923. The van der Waals surface area contributed by atoms with E-state index in [0.717, 1.165) is 0 Å². The molecule has 13 heavy (non-hydrogen) atoms. The summed E-state index contributed by atoms with van der Waals surface area (Å²) in [7, 11) is 1.54. The Morgan fingerprint density at radius 3 is 2.00 bits per heavy atom. The Labute approximate surface area is 78.0 Å². The van der Waals surface area contributed by atoms with Gasteiger partial charge in [0.2, 0.25) is 0 Å². The van der Waals surface area contributed by atoms with Crippen LogP contribution in [-0.2, 0) is 0 Å². The van der Waals surface area contributed by atoms with E-state index in [9.17, 15) is 4.79 Å². The third kappa shape index (κ3) is 3.60. The fraction of sp³-hybridized carbons (Fsp3) is 0.300. The molecule has 0 saturated carbocycles. The van der Waals surface area contributed by atoms with Gasteiger partial charge in [0.05, 0.1) is 12.7 Å². The fourth-order valence-electron chi connectivity index (χ4n) is 0.734. The fourth-order valence-corrected chi connectivity index (χ4v) is 0.734. The summed E-state index contributed by atoms with van der Waals surface area (Å²) in [6.07, 6.45) is 0. The molecule has 1 aromatic carbocycles. The summed E-state index contributed by atoms with van der Waals surface area (Å²) < 4.78 is 4.86. The number of hydrogen-bond acceptors (Lipinski definition) is 2. The molecule has 0 atom stereocenters. The number of benzene rings is 1. The van der Waals surface area contributed by atoms with E-state index in [0.29, 0.717) is 5.75 Å². The second kappa shape index (κ2) is 6.06. The highest BCUT2D eigenvalue weighted by Gasteiger charge is 2.00. The lowest BCUT2D eigenvalue weighted by Gasteiger charge is -1.98. The third-order valence-corrected chi connectivity index (χ3v) is 1.34. The highest BCUT2D eigenvalue weighted by molar-refractivity contribution is 5.87. The number of carboxylic acids is 1. The van der Waals surface area contributed by atoms with Gasteiger partial charge in [-0.3, -0.25) is 0 Å². The molecule has 1 aromatic rings. The van der Waals surface area contributed by atoms with Crippen molar-refractivity contribution >= 4 is 5.97 Å². The van der Waals surface area contributed by atoms with Crippen molar-refractivity contribution in [2.45, 2.75) is 13.8 Å². The number of carboxylic acid groups (broad SMARTS) is 1. The van der Waals surface area contributed by atoms with Crippen LogP contribution in [0.1, 0.15) is 24.2 Å². The van der Waals surface area contributed by atoms with Crippen LogP contribution in [0.5, 0.6) is 5.75 Å². The van der Waals surface area contributed by atoms with Crippen molar-refractivity contribution in [3.05, 3.63) is 29.8 Å². The normalized spacial score (nSPS) is 8.23. The Morgan fingerprint density at radius 2 is 1.69 bits per heavy atom. The molecule has 0 aliphatic rings. The average Bonchev–Trinajstić information content (AvgIpc) is 2.21. The van der Waals surface area contributed by atoms with E-state index < -0.39 is 5.97 Å². The van der Waals surface area contributed by atoms with Gasteiger partial charge in [-0.05, 0) is 24.3 Å². The molecule has 0 saturated heterocycles. The summed E-state index contributed by atoms with van der Waals surface area (Å²) >= 11 is 0. The molecule has 1 rings (SSSR count). The summed E-state index contributed by atoms with van der Waals surface area (Å²) in [5, 5.41) is 8.51. The zero-order valence-electron chi connectivity index (χ0n) is 8.07. The standard InChI is InChI=1S/C8H8O3.C2H6/c1-11-7-4-2-6(3-5-7)8(9)10;1-2/h2-5H,1H3,(H,9,10);1-2H3. The van der Waals surface area contributed by atoms with E-state index >= 15 is 0 Å². The van der Waals surface area contributed by atoms with Crippen molar-refractivity contribution in [3.63, 3.8) is 0 Å². The molecule has 0 radical (unpaired) electrons. The van der Waals surface area contributed by atoms with E-state index in [-0.39, 0.29) is 5.56 Å². The minimum absolute atomic E-state index is 0.269. The molecule has 0 unspecified atom stereocenters. The second-order valence-electron chi connectivity index (χ2n) is 2.03. The van der Waals surface area contributed by atoms with Gasteiger partial charge in [-0.15, -0.1) is 0 Å². The molecule has 0 amide bonds. The van der Waals surface area contributed by atoms with Crippen LogP contribution in [0.4, 0.5) is 0 Å². The van der Waals surface area contributed by atoms with Crippen LogP contribution in [0, 0.1) is 0 Å². The Hall–Kier alpha value is -1.51. The van der Waals surface area contributed by atoms with Crippen LogP contribution in [0.15, 0.2) is 24.3 Å². The van der Waals surface area contributed by atoms with Gasteiger partial charge in [-0.2, -0.15) is 0 Å². The maximum Gasteiger partial charge on any atom is 0.335 e. The average molecular weight is 182 g/mol. The van der Waals surface area contributed by atoms with Crippen LogP contribution in [-0.4, -0.2) is 18.2 Å². The Morgan fingerprint density at radius 1 is 1.23 bits per heavy atom. The van der Waals surface area contributed by atoms with Crippen LogP contribution in [0.2, 0.25) is 0 Å². The highest BCUT2D eigenvalue weighted by atomic mass is 16.5. The van der Waals surface area contributed by atoms with Gasteiger partial charge in [0.1, 0.15) is 5.75 Å². The van der Waals surface area contributed by atoms with Gasteiger partial charge in [-0.1, -0.05) is 13.8 Å². The molecule has 0 aliphatic heterocycles. The number of carbonyl (C=O) groups is 1. The number of ether oxygens (including phenoxy) is 1. The van der Waals surface area contributed by atoms with Gasteiger partial charge in [0.15, 0.2) is 0 Å². The molecule has 0 bridgehead atoms. The van der Waals surface area contributed by atoms with E-state index in [1.807, 2.05) is 13.8 Å². The minimum Gasteiger partial charge on any atom is -0.497 e. The number of rotatable bonds is 2. The first-order valence-electron chi connectivity index (χ1n) is 4.11. The molecular formula is C10H14O3. The van der Waals surface area contributed by atoms with E-state index in [4.69, 9.17) is 9.84 Å². The maximum atomic E-state index is 10.4. The highest BCUT2D eigenvalue weighted by Crippen LogP contribution is 2.10. The van der Waals surface area contributed by atoms with Crippen molar-refractivity contribution < 1.29 is 14.6 Å². The van der Waals surface area contributed by atoms with Crippen LogP contribution >= 0.6 is 0 Å². The quantitative estimate of drug-likeness (QED) is 0.764. The number of hydrogen-bond donors (Lipinski definition) is 1. The van der Waals surface area contributed by atoms with Crippen LogP contribution in [0.3, 0.4) is 0 Å². The first-order chi connectivity index (χ1) is 6.24. The Balaban J connectivity index is 0.000000671. The predicted octanol–water partition coefficient (Wildman–Crippen LogP) is 2.42. The number of aromatic carboxylic acids is 1. The molecular weight excluding hydrogens is 168 g/mol. The summed E-state index contributed by atoms with van der Waals surface area (Å²) in [4.78, 5) is 10.4. The van der Waals surface area contributed by atoms with Crippen molar-refractivity contribution in [1.29, 1.82) is 0 Å². The molecule has 0 spiro atoms. The van der Waals surface area contributed by atoms with E-state index in [1.54, 1.807) is 12.1 Å². The summed E-state index contributed by atoms with van der Waals surface area (Å²) in [6.45, 7) is 4.00. The summed E-state index contributed by atoms with van der Waals surface area (Å²) in [5.41, 5.74) is 0.269. The molecule has 1 N–H and O–H groups in total. The third-order valence-electron chi connectivity index (χ3n) is 1.34. The first-order valence-corrected chi connectivity index (χ1v) is 4.11. The van der Waals surface area contributed by atoms with Gasteiger partial charge in [0.25, 0.3) is 0 Å². The lowest BCUT2D eigenvalue weighted by atomic mass is 10.2. The van der Waals surface area contributed by atoms with Gasteiger partial charge < -0.3 is 9.84 Å². The van der Waals surface area contributed by atoms with Crippen molar-refractivity contribution in [2.24, 2.45) is 0 Å². The SMILES string of the molecule is CC.COc1ccc(C(=O)O)cc1. The summed E-state index contributed by atoms with van der Waals surface area (Å²) in [6, 6.07) is 6.23. The van der Waals surface area contributed by atoms with E-state index in [1.165, 1.54) is 19.2 Å². The van der Waals surface area contributed by atoms with E-state index in [2.05, 4.69) is 0 Å². The smallest absolute Gasteiger partial charge is 0.335 e. The van der Waals surface area contributed by atoms with Gasteiger partial charge in [-0.25, -0.2) is 4.79 Å². The number of methoxy groups -OCH3 is 1. The second-order valence-corrected chi connectivity index (χ2v) is 2.03. The topological polar surface area (TPSA) is 46.5 Å². The Bertz CT molecular complexity index is 251. The molecule has 3 nitrogen and oxygen atoms in total. The first kappa shape index (κ1) is 11.5. The Kier molecular flexibility index (Phi) is 5.35. The largest absolute Gasteiger partial charge is 0.497 e. The van der Waals surface area contributed by atoms with Crippen LogP contribution in [0.25, 0.3) is 0 Å². The molecule has 0 aromatic heterocycles. The van der Waals surface area contributed by atoms with Crippen molar-refractivity contribution in [3.8, 4) is 5.75 Å². The van der Waals surface area contributed by atoms with Gasteiger partial charge >= 0.3 is 5.97 Å². The van der Waals surface area contributed by atoms with Crippen molar-refractivity contribution in [2.75, 3.05) is 7.11 Å². The van der Waals surface area contributed by atoms with Crippen LogP contribution < -0.4 is 4.74 Å². The lowest BCUT2D eigenvalue weighted by molar-refractivity contribution is 0.0697. The molecule has 0 aliphatic carbocycles. The zero-order chi connectivity index (χ0) is 10.3. The zero-order valence-corrected chi connectivity index (χ0v) is 8.07. The molecule has 3 heteroatoms. The summed E-state index contributed by atoms with van der Waals surface area (Å²) in [5.74, 6) is -0.261. The lowest BCUT2D eigenvalue weighted by Crippen LogP contribution is -1.95. The molecule has 72 valence electrons. The molecule has 0 heterocycles. The van der Waals surface area contributed by atoms with Crippen molar-refractivity contribution in [1.82, 2.24) is 0 Å².